The normalized spacial score (nSPS) is 10.7. The van der Waals surface area contributed by atoms with E-state index in [1.54, 1.807) is 0 Å². The third kappa shape index (κ3) is 3.28. The van der Waals surface area contributed by atoms with Gasteiger partial charge in [-0.2, -0.15) is 0 Å². The molecule has 1 aromatic carbocycles. The van der Waals surface area contributed by atoms with Crippen LogP contribution in [-0.2, 0) is 6.42 Å². The highest BCUT2D eigenvalue weighted by atomic mass is 32.1. The van der Waals surface area contributed by atoms with E-state index in [9.17, 15) is 9.59 Å². The van der Waals surface area contributed by atoms with Crippen molar-refractivity contribution >= 4 is 44.6 Å². The molecule has 3 aromatic rings. The summed E-state index contributed by atoms with van der Waals surface area (Å²) in [5.74, 6) is -0.587. The van der Waals surface area contributed by atoms with Crippen LogP contribution in [0.1, 0.15) is 36.7 Å². The number of thiophene rings is 2. The maximum Gasteiger partial charge on any atom is 0.279 e. The van der Waals surface area contributed by atoms with Crippen LogP contribution in [0.15, 0.2) is 36.4 Å². The molecule has 0 saturated carbocycles. The zero-order valence-electron chi connectivity index (χ0n) is 12.8. The Morgan fingerprint density at radius 1 is 1.00 bits per heavy atom. The Hall–Kier alpha value is -2.18. The number of rotatable bonds is 3. The number of carbonyl (C=O) groups excluding carboxylic acids is 2. The molecule has 0 spiro atoms. The predicted octanol–water partition coefficient (Wildman–Crippen LogP) is 3.91. The fraction of sp³-hybridized carbons (Fsp3) is 0.176. The first-order chi connectivity index (χ1) is 11.1. The van der Waals surface area contributed by atoms with Gasteiger partial charge < -0.3 is 0 Å². The molecule has 2 aromatic heterocycles. The van der Waals surface area contributed by atoms with Crippen molar-refractivity contribution in [2.24, 2.45) is 0 Å². The number of amides is 2. The number of hydrogen-bond donors (Lipinski definition) is 2. The average molecular weight is 344 g/mol. The quantitative estimate of drug-likeness (QED) is 0.708. The summed E-state index contributed by atoms with van der Waals surface area (Å²) in [7, 11) is 0. The van der Waals surface area contributed by atoms with Gasteiger partial charge in [-0.15, -0.1) is 22.7 Å². The van der Waals surface area contributed by atoms with E-state index in [0.717, 1.165) is 22.1 Å². The van der Waals surface area contributed by atoms with Gasteiger partial charge in [0.15, 0.2) is 0 Å². The summed E-state index contributed by atoms with van der Waals surface area (Å²) in [6.45, 7) is 4.05. The Labute approximate surface area is 142 Å². The SMILES string of the molecule is CCc1sc(C(=O)NNC(=O)c2cc3ccccc3s2)cc1C. The Morgan fingerprint density at radius 2 is 1.65 bits per heavy atom. The number of hydrazine groups is 1. The highest BCUT2D eigenvalue weighted by Gasteiger charge is 2.14. The predicted molar refractivity (Wildman–Crippen MR) is 95.2 cm³/mol. The van der Waals surface area contributed by atoms with Gasteiger partial charge in [0.2, 0.25) is 0 Å². The van der Waals surface area contributed by atoms with E-state index in [-0.39, 0.29) is 11.8 Å². The summed E-state index contributed by atoms with van der Waals surface area (Å²) in [4.78, 5) is 26.7. The van der Waals surface area contributed by atoms with Gasteiger partial charge in [-0.05, 0) is 42.5 Å². The van der Waals surface area contributed by atoms with Crippen molar-refractivity contribution in [2.75, 3.05) is 0 Å². The van der Waals surface area contributed by atoms with Crippen LogP contribution in [0.25, 0.3) is 10.1 Å². The minimum atomic E-state index is -0.302. The van der Waals surface area contributed by atoms with Crippen LogP contribution >= 0.6 is 22.7 Å². The number of nitrogens with one attached hydrogen (secondary N) is 2. The van der Waals surface area contributed by atoms with E-state index < -0.39 is 0 Å². The lowest BCUT2D eigenvalue weighted by atomic mass is 10.2. The summed E-state index contributed by atoms with van der Waals surface area (Å²) < 4.78 is 1.05. The molecule has 2 N–H and O–H groups in total. The molecule has 3 rings (SSSR count). The van der Waals surface area contributed by atoms with E-state index in [1.807, 2.05) is 43.3 Å². The van der Waals surface area contributed by atoms with E-state index >= 15 is 0 Å². The van der Waals surface area contributed by atoms with Gasteiger partial charge in [-0.25, -0.2) is 0 Å². The molecule has 0 atom stereocenters. The number of carbonyl (C=O) groups is 2. The van der Waals surface area contributed by atoms with Gasteiger partial charge in [0.05, 0.1) is 9.75 Å². The van der Waals surface area contributed by atoms with Gasteiger partial charge in [0.1, 0.15) is 0 Å². The van der Waals surface area contributed by atoms with Crippen molar-refractivity contribution in [3.63, 3.8) is 0 Å². The van der Waals surface area contributed by atoms with E-state index in [4.69, 9.17) is 0 Å². The first kappa shape index (κ1) is 15.7. The Bertz CT molecular complexity index is 847. The van der Waals surface area contributed by atoms with Crippen molar-refractivity contribution < 1.29 is 9.59 Å². The summed E-state index contributed by atoms with van der Waals surface area (Å²) in [6, 6.07) is 11.5. The summed E-state index contributed by atoms with van der Waals surface area (Å²) >= 11 is 2.86. The molecular weight excluding hydrogens is 328 g/mol. The maximum atomic E-state index is 12.2. The van der Waals surface area contributed by atoms with Crippen molar-refractivity contribution in [3.05, 3.63) is 56.6 Å². The average Bonchev–Trinajstić information content (AvgIpc) is 3.15. The smallest absolute Gasteiger partial charge is 0.266 e. The first-order valence-corrected chi connectivity index (χ1v) is 8.90. The number of fused-ring (bicyclic) bond motifs is 1. The van der Waals surface area contributed by atoms with Gasteiger partial charge in [-0.1, -0.05) is 25.1 Å². The van der Waals surface area contributed by atoms with Crippen LogP contribution in [0.4, 0.5) is 0 Å². The largest absolute Gasteiger partial charge is 0.279 e. The standard InChI is InChI=1S/C17H16N2O2S2/c1-3-12-10(2)8-14(22-12)16(20)18-19-17(21)15-9-11-6-4-5-7-13(11)23-15/h4-9H,3H2,1-2H3,(H,18,20)(H,19,21). The number of hydrogen-bond acceptors (Lipinski definition) is 4. The minimum Gasteiger partial charge on any atom is -0.266 e. The van der Waals surface area contributed by atoms with Crippen LogP contribution in [-0.4, -0.2) is 11.8 Å². The summed E-state index contributed by atoms with van der Waals surface area (Å²) in [5, 5.41) is 1.02. The molecule has 2 amide bonds. The third-order valence-corrected chi connectivity index (χ3v) is 6.00. The highest BCUT2D eigenvalue weighted by Crippen LogP contribution is 2.25. The monoisotopic (exact) mass is 344 g/mol. The molecule has 0 aliphatic rings. The highest BCUT2D eigenvalue weighted by molar-refractivity contribution is 7.20. The molecule has 4 nitrogen and oxygen atoms in total. The van der Waals surface area contributed by atoms with Gasteiger partial charge >= 0.3 is 0 Å². The fourth-order valence-corrected chi connectivity index (χ4v) is 4.28. The minimum absolute atomic E-state index is 0.285. The third-order valence-electron chi connectivity index (χ3n) is 3.50. The molecule has 2 heterocycles. The van der Waals surface area contributed by atoms with E-state index in [0.29, 0.717) is 9.75 Å². The van der Waals surface area contributed by atoms with E-state index in [1.165, 1.54) is 27.6 Å². The molecule has 23 heavy (non-hydrogen) atoms. The van der Waals surface area contributed by atoms with Gasteiger partial charge in [-0.3, -0.25) is 20.4 Å². The molecule has 6 heteroatoms. The molecule has 0 unspecified atom stereocenters. The second kappa shape index (κ2) is 6.52. The summed E-state index contributed by atoms with van der Waals surface area (Å²) in [6.07, 6.45) is 0.901. The lowest BCUT2D eigenvalue weighted by Crippen LogP contribution is -2.41. The second-order valence-corrected chi connectivity index (χ2v) is 7.35. The van der Waals surface area contributed by atoms with Crippen LogP contribution in [0.3, 0.4) is 0 Å². The fourth-order valence-electron chi connectivity index (χ4n) is 2.31. The lowest BCUT2D eigenvalue weighted by molar-refractivity contribution is 0.0851. The van der Waals surface area contributed by atoms with Crippen LogP contribution < -0.4 is 10.9 Å². The lowest BCUT2D eigenvalue weighted by Gasteiger charge is -2.04. The van der Waals surface area contributed by atoms with Crippen LogP contribution in [0.5, 0.6) is 0 Å². The number of benzene rings is 1. The second-order valence-electron chi connectivity index (χ2n) is 5.13. The first-order valence-electron chi connectivity index (χ1n) is 7.27. The molecule has 0 aliphatic carbocycles. The molecule has 0 bridgehead atoms. The Kier molecular flexibility index (Phi) is 4.45. The molecule has 0 fully saturated rings. The Morgan fingerprint density at radius 3 is 2.26 bits per heavy atom. The molecular formula is C17H16N2O2S2. The molecule has 0 radical (unpaired) electrons. The summed E-state index contributed by atoms with van der Waals surface area (Å²) in [5.41, 5.74) is 6.08. The van der Waals surface area contributed by atoms with Crippen LogP contribution in [0.2, 0.25) is 0 Å². The zero-order valence-corrected chi connectivity index (χ0v) is 14.4. The van der Waals surface area contributed by atoms with Crippen molar-refractivity contribution in [3.8, 4) is 0 Å². The van der Waals surface area contributed by atoms with Gasteiger partial charge in [0, 0.05) is 9.58 Å². The van der Waals surface area contributed by atoms with Crippen molar-refractivity contribution in [1.82, 2.24) is 10.9 Å². The molecule has 0 aliphatic heterocycles. The van der Waals surface area contributed by atoms with Crippen LogP contribution in [0, 0.1) is 6.92 Å². The molecule has 118 valence electrons. The molecule has 0 saturated heterocycles. The van der Waals surface area contributed by atoms with Gasteiger partial charge in [0.25, 0.3) is 11.8 Å². The van der Waals surface area contributed by atoms with E-state index in [2.05, 4.69) is 17.8 Å². The van der Waals surface area contributed by atoms with Crippen molar-refractivity contribution in [2.45, 2.75) is 20.3 Å². The van der Waals surface area contributed by atoms with Crippen molar-refractivity contribution in [1.29, 1.82) is 0 Å². The topological polar surface area (TPSA) is 58.2 Å². The maximum absolute atomic E-state index is 12.2. The number of aryl methyl sites for hydroxylation is 2. The Balaban J connectivity index is 1.67. The zero-order chi connectivity index (χ0) is 16.4.